The van der Waals surface area contributed by atoms with Crippen LogP contribution in [0.3, 0.4) is 0 Å². The molecule has 0 heterocycles. The van der Waals surface area contributed by atoms with E-state index in [0.717, 1.165) is 17.9 Å². The molecule has 0 aliphatic heterocycles. The Kier molecular flexibility index (Phi) is 4.40. The Balaban J connectivity index is 2.01. The van der Waals surface area contributed by atoms with E-state index in [2.05, 4.69) is 37.3 Å². The number of aryl methyl sites for hydroxylation is 1. The molecule has 0 amide bonds. The summed E-state index contributed by atoms with van der Waals surface area (Å²) >= 11 is 5.97. The fourth-order valence-corrected chi connectivity index (χ4v) is 2.37. The highest BCUT2D eigenvalue weighted by molar-refractivity contribution is 6.30. The fraction of sp³-hybridized carbons (Fsp3) is 0.250. The van der Waals surface area contributed by atoms with Crippen LogP contribution in [0.1, 0.15) is 16.7 Å². The smallest absolute Gasteiger partial charge is 0.0408 e. The lowest BCUT2D eigenvalue weighted by atomic mass is 9.97. The third-order valence-electron chi connectivity index (χ3n) is 3.13. The summed E-state index contributed by atoms with van der Waals surface area (Å²) in [6.07, 6.45) is 1.76. The second-order valence-corrected chi connectivity index (χ2v) is 5.16. The first-order chi connectivity index (χ1) is 8.65. The third-order valence-corrected chi connectivity index (χ3v) is 3.37. The summed E-state index contributed by atoms with van der Waals surface area (Å²) in [4.78, 5) is 0. The van der Waals surface area contributed by atoms with Crippen molar-refractivity contribution in [3.05, 3.63) is 70.2 Å². The standard InChI is InChI=1S/C16H18ClN/c1-12-5-2-3-7-14(12)11-16(18)10-13-6-4-8-15(17)9-13/h2-9,16H,10-11,18H2,1H3. The summed E-state index contributed by atoms with van der Waals surface area (Å²) in [7, 11) is 0. The van der Waals surface area contributed by atoms with Gasteiger partial charge in [0.1, 0.15) is 0 Å². The molecule has 0 spiro atoms. The maximum atomic E-state index is 6.21. The molecule has 2 N–H and O–H groups in total. The first kappa shape index (κ1) is 13.1. The molecule has 1 atom stereocenters. The van der Waals surface area contributed by atoms with Gasteiger partial charge in [0.15, 0.2) is 0 Å². The summed E-state index contributed by atoms with van der Waals surface area (Å²) < 4.78 is 0. The van der Waals surface area contributed by atoms with Crippen molar-refractivity contribution in [2.45, 2.75) is 25.8 Å². The lowest BCUT2D eigenvalue weighted by Crippen LogP contribution is -2.25. The van der Waals surface area contributed by atoms with Crippen LogP contribution in [0.2, 0.25) is 5.02 Å². The molecule has 2 heteroatoms. The average Bonchev–Trinajstić information content (AvgIpc) is 2.32. The van der Waals surface area contributed by atoms with Crippen molar-refractivity contribution in [3.8, 4) is 0 Å². The fourth-order valence-electron chi connectivity index (χ4n) is 2.16. The van der Waals surface area contributed by atoms with Crippen LogP contribution in [-0.2, 0) is 12.8 Å². The lowest BCUT2D eigenvalue weighted by molar-refractivity contribution is 0.663. The predicted octanol–water partition coefficient (Wildman–Crippen LogP) is 3.76. The van der Waals surface area contributed by atoms with Crippen LogP contribution in [0.25, 0.3) is 0 Å². The summed E-state index contributed by atoms with van der Waals surface area (Å²) in [5, 5.41) is 0.774. The van der Waals surface area contributed by atoms with Crippen LogP contribution in [-0.4, -0.2) is 6.04 Å². The van der Waals surface area contributed by atoms with Crippen molar-refractivity contribution in [1.29, 1.82) is 0 Å². The Hall–Kier alpha value is -1.31. The van der Waals surface area contributed by atoms with Gasteiger partial charge in [-0.05, 0) is 48.6 Å². The van der Waals surface area contributed by atoms with E-state index in [9.17, 15) is 0 Å². The number of rotatable bonds is 4. The Morgan fingerprint density at radius 2 is 1.83 bits per heavy atom. The Labute approximate surface area is 114 Å². The van der Waals surface area contributed by atoms with Crippen molar-refractivity contribution < 1.29 is 0 Å². The van der Waals surface area contributed by atoms with Crippen LogP contribution in [0, 0.1) is 6.92 Å². The van der Waals surface area contributed by atoms with Gasteiger partial charge in [-0.2, -0.15) is 0 Å². The van der Waals surface area contributed by atoms with E-state index >= 15 is 0 Å². The second kappa shape index (κ2) is 6.03. The number of hydrogen-bond acceptors (Lipinski definition) is 1. The predicted molar refractivity (Wildman–Crippen MR) is 78.0 cm³/mol. The maximum Gasteiger partial charge on any atom is 0.0408 e. The minimum absolute atomic E-state index is 0.129. The summed E-state index contributed by atoms with van der Waals surface area (Å²) in [6.45, 7) is 2.13. The first-order valence-corrected chi connectivity index (χ1v) is 6.57. The Morgan fingerprint density at radius 1 is 1.06 bits per heavy atom. The quantitative estimate of drug-likeness (QED) is 0.889. The highest BCUT2D eigenvalue weighted by Gasteiger charge is 2.07. The van der Waals surface area contributed by atoms with Gasteiger partial charge in [0.05, 0.1) is 0 Å². The van der Waals surface area contributed by atoms with Crippen LogP contribution < -0.4 is 5.73 Å². The molecule has 2 rings (SSSR count). The molecule has 0 bridgehead atoms. The zero-order valence-corrected chi connectivity index (χ0v) is 11.3. The molecule has 0 aliphatic carbocycles. The molecule has 0 saturated carbocycles. The van der Waals surface area contributed by atoms with E-state index in [1.165, 1.54) is 16.7 Å². The molecule has 1 unspecified atom stereocenters. The van der Waals surface area contributed by atoms with Crippen molar-refractivity contribution in [3.63, 3.8) is 0 Å². The zero-order valence-electron chi connectivity index (χ0n) is 10.6. The molecule has 0 fully saturated rings. The molecular weight excluding hydrogens is 242 g/mol. The van der Waals surface area contributed by atoms with Crippen molar-refractivity contribution in [2.24, 2.45) is 5.73 Å². The highest BCUT2D eigenvalue weighted by atomic mass is 35.5. The molecule has 18 heavy (non-hydrogen) atoms. The topological polar surface area (TPSA) is 26.0 Å². The molecule has 0 saturated heterocycles. The number of halogens is 1. The normalized spacial score (nSPS) is 12.4. The Bertz CT molecular complexity index is 522. The van der Waals surface area contributed by atoms with Crippen molar-refractivity contribution in [2.75, 3.05) is 0 Å². The molecule has 94 valence electrons. The largest absolute Gasteiger partial charge is 0.327 e. The van der Waals surface area contributed by atoms with Crippen molar-refractivity contribution in [1.82, 2.24) is 0 Å². The lowest BCUT2D eigenvalue weighted by Gasteiger charge is -2.13. The average molecular weight is 260 g/mol. The van der Waals surface area contributed by atoms with Gasteiger partial charge in [0, 0.05) is 11.1 Å². The zero-order chi connectivity index (χ0) is 13.0. The molecule has 0 aliphatic rings. The highest BCUT2D eigenvalue weighted by Crippen LogP contribution is 2.14. The minimum Gasteiger partial charge on any atom is -0.327 e. The van der Waals surface area contributed by atoms with E-state index in [0.29, 0.717) is 0 Å². The molecule has 0 aromatic heterocycles. The van der Waals surface area contributed by atoms with Gasteiger partial charge in [-0.25, -0.2) is 0 Å². The van der Waals surface area contributed by atoms with E-state index in [-0.39, 0.29) is 6.04 Å². The van der Waals surface area contributed by atoms with Crippen LogP contribution in [0.4, 0.5) is 0 Å². The maximum absolute atomic E-state index is 6.21. The van der Waals surface area contributed by atoms with Gasteiger partial charge in [-0.3, -0.25) is 0 Å². The number of nitrogens with two attached hydrogens (primary N) is 1. The van der Waals surface area contributed by atoms with E-state index in [4.69, 9.17) is 17.3 Å². The molecule has 0 radical (unpaired) electrons. The molecular formula is C16H18ClN. The number of hydrogen-bond donors (Lipinski definition) is 1. The SMILES string of the molecule is Cc1ccccc1CC(N)Cc1cccc(Cl)c1. The Morgan fingerprint density at radius 3 is 2.56 bits per heavy atom. The molecule has 1 nitrogen and oxygen atoms in total. The van der Waals surface area contributed by atoms with Crippen LogP contribution in [0.15, 0.2) is 48.5 Å². The second-order valence-electron chi connectivity index (χ2n) is 4.72. The molecule has 2 aromatic carbocycles. The van der Waals surface area contributed by atoms with E-state index < -0.39 is 0 Å². The number of benzene rings is 2. The third kappa shape index (κ3) is 3.59. The summed E-state index contributed by atoms with van der Waals surface area (Å²) in [5.74, 6) is 0. The first-order valence-electron chi connectivity index (χ1n) is 6.19. The van der Waals surface area contributed by atoms with Crippen molar-refractivity contribution >= 4 is 11.6 Å². The summed E-state index contributed by atoms with van der Waals surface area (Å²) in [6, 6.07) is 16.4. The van der Waals surface area contributed by atoms with Gasteiger partial charge in [0.25, 0.3) is 0 Å². The minimum atomic E-state index is 0.129. The monoisotopic (exact) mass is 259 g/mol. The van der Waals surface area contributed by atoms with E-state index in [1.807, 2.05) is 18.2 Å². The summed E-state index contributed by atoms with van der Waals surface area (Å²) in [5.41, 5.74) is 10.0. The van der Waals surface area contributed by atoms with Gasteiger partial charge in [-0.15, -0.1) is 0 Å². The van der Waals surface area contributed by atoms with E-state index in [1.54, 1.807) is 0 Å². The van der Waals surface area contributed by atoms with Gasteiger partial charge in [0.2, 0.25) is 0 Å². The van der Waals surface area contributed by atoms with Gasteiger partial charge < -0.3 is 5.73 Å². The van der Waals surface area contributed by atoms with Gasteiger partial charge in [-0.1, -0.05) is 48.0 Å². The molecule has 2 aromatic rings. The van der Waals surface area contributed by atoms with Crippen LogP contribution in [0.5, 0.6) is 0 Å². The van der Waals surface area contributed by atoms with Crippen LogP contribution >= 0.6 is 11.6 Å². The van der Waals surface area contributed by atoms with Gasteiger partial charge >= 0.3 is 0 Å².